The number of piperidine rings is 1. The summed E-state index contributed by atoms with van der Waals surface area (Å²) in [6.07, 6.45) is 2.59. The van der Waals surface area contributed by atoms with Gasteiger partial charge in [-0.3, -0.25) is 0 Å². The lowest BCUT2D eigenvalue weighted by atomic mass is 9.83. The lowest BCUT2D eigenvalue weighted by Crippen LogP contribution is -2.41. The van der Waals surface area contributed by atoms with Crippen LogP contribution in [0.4, 0.5) is 0 Å². The van der Waals surface area contributed by atoms with Crippen molar-refractivity contribution in [1.82, 2.24) is 9.21 Å². The van der Waals surface area contributed by atoms with Crippen LogP contribution in [0, 0.1) is 16.7 Å². The molecule has 104 valence electrons. The maximum atomic E-state index is 11.6. The highest BCUT2D eigenvalue weighted by atomic mass is 32.2. The first-order valence-electron chi connectivity index (χ1n) is 6.33. The Balaban J connectivity index is 2.39. The number of nitrogens with zero attached hydrogens (tertiary/aromatic N) is 3. The highest BCUT2D eigenvalue weighted by Crippen LogP contribution is 2.28. The molecule has 6 heteroatoms. The Bertz CT molecular complexity index is 414. The van der Waals surface area contributed by atoms with Gasteiger partial charge >= 0.3 is 0 Å². The molecule has 0 N–H and O–H groups in total. The van der Waals surface area contributed by atoms with Gasteiger partial charge in [0.25, 0.3) is 0 Å². The normalized spacial score (nSPS) is 26.2. The number of likely N-dealkylation sites (tertiary alicyclic amines) is 1. The van der Waals surface area contributed by atoms with Gasteiger partial charge in [-0.05, 0) is 39.3 Å². The monoisotopic (exact) mass is 273 g/mol. The van der Waals surface area contributed by atoms with E-state index in [1.165, 1.54) is 4.31 Å². The van der Waals surface area contributed by atoms with Crippen molar-refractivity contribution in [2.75, 3.05) is 39.5 Å². The molecule has 1 saturated heterocycles. The van der Waals surface area contributed by atoms with E-state index < -0.39 is 10.0 Å². The number of nitriles is 1. The Morgan fingerprint density at radius 2 is 2.11 bits per heavy atom. The predicted octanol–water partition coefficient (Wildman–Crippen LogP) is 0.894. The molecule has 0 radical (unpaired) electrons. The van der Waals surface area contributed by atoms with Gasteiger partial charge < -0.3 is 4.90 Å². The van der Waals surface area contributed by atoms with Gasteiger partial charge in [0.15, 0.2) is 0 Å². The van der Waals surface area contributed by atoms with Gasteiger partial charge in [-0.2, -0.15) is 5.26 Å². The molecule has 1 aliphatic heterocycles. The third kappa shape index (κ3) is 4.23. The Hall–Kier alpha value is -0.640. The van der Waals surface area contributed by atoms with Crippen molar-refractivity contribution in [2.45, 2.75) is 26.2 Å². The molecule has 1 unspecified atom stereocenters. The minimum atomic E-state index is -3.09. The molecule has 0 aromatic heterocycles. The van der Waals surface area contributed by atoms with E-state index in [1.54, 1.807) is 14.1 Å². The average Bonchev–Trinajstić information content (AvgIpc) is 2.29. The summed E-state index contributed by atoms with van der Waals surface area (Å²) in [7, 11) is 0.0253. The highest BCUT2D eigenvalue weighted by molar-refractivity contribution is 7.89. The van der Waals surface area contributed by atoms with E-state index in [0.29, 0.717) is 6.42 Å². The van der Waals surface area contributed by atoms with Crippen molar-refractivity contribution in [3.05, 3.63) is 0 Å². The van der Waals surface area contributed by atoms with Gasteiger partial charge in [0.2, 0.25) is 10.0 Å². The molecule has 1 rings (SSSR count). The second kappa shape index (κ2) is 6.00. The lowest BCUT2D eigenvalue weighted by molar-refractivity contribution is 0.144. The van der Waals surface area contributed by atoms with E-state index in [-0.39, 0.29) is 11.2 Å². The predicted molar refractivity (Wildman–Crippen MR) is 71.5 cm³/mol. The van der Waals surface area contributed by atoms with E-state index in [1.807, 2.05) is 6.92 Å². The largest absolute Gasteiger partial charge is 0.302 e. The second-order valence-corrected chi connectivity index (χ2v) is 7.81. The molecule has 0 bridgehead atoms. The number of hydrogen-bond donors (Lipinski definition) is 0. The summed E-state index contributed by atoms with van der Waals surface area (Å²) >= 11 is 0. The Morgan fingerprint density at radius 3 is 2.67 bits per heavy atom. The van der Waals surface area contributed by atoms with Gasteiger partial charge in [0.05, 0.1) is 17.2 Å². The molecule has 0 aromatic carbocycles. The summed E-state index contributed by atoms with van der Waals surface area (Å²) in [6, 6.07) is 2.37. The Labute approximate surface area is 110 Å². The zero-order chi connectivity index (χ0) is 13.8. The lowest BCUT2D eigenvalue weighted by Gasteiger charge is -2.35. The SMILES string of the molecule is CN(C)S(=O)(=O)CCCN1CCCC(C)(C#N)C1. The molecule has 0 amide bonds. The molecule has 0 spiro atoms. The Kier molecular flexibility index (Phi) is 5.14. The summed E-state index contributed by atoms with van der Waals surface area (Å²) in [6.45, 7) is 4.46. The topological polar surface area (TPSA) is 64.4 Å². The van der Waals surface area contributed by atoms with Crippen molar-refractivity contribution in [3.8, 4) is 6.07 Å². The van der Waals surface area contributed by atoms with Gasteiger partial charge in [-0.1, -0.05) is 0 Å². The molecule has 1 heterocycles. The highest BCUT2D eigenvalue weighted by Gasteiger charge is 2.30. The van der Waals surface area contributed by atoms with Gasteiger partial charge in [0.1, 0.15) is 0 Å². The van der Waals surface area contributed by atoms with Crippen molar-refractivity contribution in [2.24, 2.45) is 5.41 Å². The molecule has 1 aliphatic rings. The first-order chi connectivity index (χ1) is 8.29. The molecular formula is C12H23N3O2S. The smallest absolute Gasteiger partial charge is 0.213 e. The number of hydrogen-bond acceptors (Lipinski definition) is 4. The van der Waals surface area contributed by atoms with Crippen LogP contribution < -0.4 is 0 Å². The fourth-order valence-corrected chi connectivity index (χ4v) is 3.14. The number of sulfonamides is 1. The quantitative estimate of drug-likeness (QED) is 0.746. The Morgan fingerprint density at radius 1 is 1.44 bits per heavy atom. The van der Waals surface area contributed by atoms with Crippen molar-refractivity contribution < 1.29 is 8.42 Å². The van der Waals surface area contributed by atoms with Gasteiger partial charge in [0, 0.05) is 20.6 Å². The van der Waals surface area contributed by atoms with Crippen LogP contribution in [0.2, 0.25) is 0 Å². The molecule has 1 fully saturated rings. The van der Waals surface area contributed by atoms with Gasteiger partial charge in [-0.15, -0.1) is 0 Å². The zero-order valence-electron chi connectivity index (χ0n) is 11.5. The molecule has 1 atom stereocenters. The standard InChI is InChI=1S/C12H23N3O2S/c1-12(10-13)6-4-7-15(11-12)8-5-9-18(16,17)14(2)3/h4-9,11H2,1-3H3. The van der Waals surface area contributed by atoms with Crippen LogP contribution in [0.25, 0.3) is 0 Å². The van der Waals surface area contributed by atoms with Crippen LogP contribution in [-0.4, -0.2) is 57.1 Å². The fourth-order valence-electron chi connectivity index (χ4n) is 2.28. The van der Waals surface area contributed by atoms with E-state index in [9.17, 15) is 8.42 Å². The minimum absolute atomic E-state index is 0.180. The molecule has 5 nitrogen and oxygen atoms in total. The van der Waals surface area contributed by atoms with Crippen LogP contribution in [-0.2, 0) is 10.0 Å². The average molecular weight is 273 g/mol. The molecular weight excluding hydrogens is 250 g/mol. The first-order valence-corrected chi connectivity index (χ1v) is 7.94. The van der Waals surface area contributed by atoms with Crippen LogP contribution in [0.3, 0.4) is 0 Å². The van der Waals surface area contributed by atoms with Crippen molar-refractivity contribution in [1.29, 1.82) is 5.26 Å². The van der Waals surface area contributed by atoms with Crippen molar-refractivity contribution >= 4 is 10.0 Å². The van der Waals surface area contributed by atoms with E-state index in [2.05, 4.69) is 11.0 Å². The molecule has 0 aliphatic carbocycles. The van der Waals surface area contributed by atoms with Crippen molar-refractivity contribution in [3.63, 3.8) is 0 Å². The van der Waals surface area contributed by atoms with E-state index >= 15 is 0 Å². The van der Waals surface area contributed by atoms with Gasteiger partial charge in [-0.25, -0.2) is 12.7 Å². The molecule has 0 saturated carbocycles. The maximum Gasteiger partial charge on any atom is 0.213 e. The first kappa shape index (κ1) is 15.4. The maximum absolute atomic E-state index is 11.6. The van der Waals surface area contributed by atoms with Crippen LogP contribution in [0.15, 0.2) is 0 Å². The summed E-state index contributed by atoms with van der Waals surface area (Å²) in [5.41, 5.74) is -0.265. The third-order valence-electron chi connectivity index (χ3n) is 3.48. The van der Waals surface area contributed by atoms with Crippen LogP contribution in [0.1, 0.15) is 26.2 Å². The van der Waals surface area contributed by atoms with E-state index in [0.717, 1.165) is 32.5 Å². The van der Waals surface area contributed by atoms with Crippen LogP contribution in [0.5, 0.6) is 0 Å². The summed E-state index contributed by atoms with van der Waals surface area (Å²) in [5.74, 6) is 0.180. The van der Waals surface area contributed by atoms with Crippen LogP contribution >= 0.6 is 0 Å². The minimum Gasteiger partial charge on any atom is -0.302 e. The number of rotatable bonds is 5. The summed E-state index contributed by atoms with van der Waals surface area (Å²) < 4.78 is 24.5. The summed E-state index contributed by atoms with van der Waals surface area (Å²) in [4.78, 5) is 2.21. The fraction of sp³-hybridized carbons (Fsp3) is 0.917. The van der Waals surface area contributed by atoms with E-state index in [4.69, 9.17) is 5.26 Å². The summed E-state index contributed by atoms with van der Waals surface area (Å²) in [5, 5.41) is 9.12. The second-order valence-electron chi connectivity index (χ2n) is 5.50. The molecule has 18 heavy (non-hydrogen) atoms. The third-order valence-corrected chi connectivity index (χ3v) is 5.40. The zero-order valence-corrected chi connectivity index (χ0v) is 12.3. The molecule has 0 aromatic rings.